The van der Waals surface area contributed by atoms with Crippen molar-refractivity contribution in [1.29, 1.82) is 0 Å². The standard InChI is InChI=1S/C36H29N/c1-35(2,3)22-23-19-20-25-24-11-4-6-14-28(24)36(31(25)21-23)29-15-7-9-18-33(29)37-32-17-8-5-12-26(32)27-13-10-16-30(36)34(27)37/h4-21H,22H2,1-3H3. The molecule has 1 aliphatic heterocycles. The van der Waals surface area contributed by atoms with Crippen LogP contribution in [0.15, 0.2) is 109 Å². The zero-order valence-electron chi connectivity index (χ0n) is 21.5. The van der Waals surface area contributed by atoms with E-state index in [1.165, 1.54) is 66.4 Å². The lowest BCUT2D eigenvalue weighted by Gasteiger charge is -2.39. The van der Waals surface area contributed by atoms with E-state index in [0.29, 0.717) is 0 Å². The Bertz CT molecular complexity index is 1890. The summed E-state index contributed by atoms with van der Waals surface area (Å²) in [5.41, 5.74) is 13.5. The molecule has 1 nitrogen and oxygen atoms in total. The Morgan fingerprint density at radius 1 is 0.595 bits per heavy atom. The summed E-state index contributed by atoms with van der Waals surface area (Å²) in [6, 6.07) is 41.3. The van der Waals surface area contributed by atoms with E-state index in [1.807, 2.05) is 0 Å². The summed E-state index contributed by atoms with van der Waals surface area (Å²) >= 11 is 0. The second kappa shape index (κ2) is 7.01. The maximum absolute atomic E-state index is 2.52. The first-order valence-electron chi connectivity index (χ1n) is 13.3. The molecule has 2 aliphatic rings. The van der Waals surface area contributed by atoms with Gasteiger partial charge in [-0.05, 0) is 62.9 Å². The zero-order chi connectivity index (χ0) is 24.9. The molecular weight excluding hydrogens is 446 g/mol. The first-order chi connectivity index (χ1) is 18.0. The second-order valence-electron chi connectivity index (χ2n) is 12.0. The van der Waals surface area contributed by atoms with Crippen molar-refractivity contribution in [2.45, 2.75) is 32.6 Å². The van der Waals surface area contributed by atoms with Crippen molar-refractivity contribution in [3.8, 4) is 16.8 Å². The average molecular weight is 476 g/mol. The smallest absolute Gasteiger partial charge is 0.0754 e. The van der Waals surface area contributed by atoms with Crippen LogP contribution < -0.4 is 0 Å². The first kappa shape index (κ1) is 21.0. The lowest BCUT2D eigenvalue weighted by atomic mass is 9.65. The van der Waals surface area contributed by atoms with Gasteiger partial charge in [0.1, 0.15) is 0 Å². The second-order valence-corrected chi connectivity index (χ2v) is 12.0. The van der Waals surface area contributed by atoms with Crippen LogP contribution in [0.3, 0.4) is 0 Å². The summed E-state index contributed by atoms with van der Waals surface area (Å²) < 4.78 is 2.51. The highest BCUT2D eigenvalue weighted by Crippen LogP contribution is 2.61. The molecule has 1 aromatic heterocycles. The minimum absolute atomic E-state index is 0.226. The summed E-state index contributed by atoms with van der Waals surface area (Å²) in [6.45, 7) is 7.00. The molecule has 0 saturated carbocycles. The number of nitrogens with zero attached hydrogens (tertiary/aromatic N) is 1. The Hall–Kier alpha value is -4.10. The number of hydrogen-bond donors (Lipinski definition) is 0. The van der Waals surface area contributed by atoms with Gasteiger partial charge in [-0.1, -0.05) is 118 Å². The van der Waals surface area contributed by atoms with Gasteiger partial charge in [-0.25, -0.2) is 0 Å². The van der Waals surface area contributed by atoms with Crippen molar-refractivity contribution in [3.63, 3.8) is 0 Å². The maximum Gasteiger partial charge on any atom is 0.0754 e. The van der Waals surface area contributed by atoms with E-state index in [0.717, 1.165) is 6.42 Å². The SMILES string of the molecule is CC(C)(C)Cc1ccc2c(c1)C1(c3ccccc3-2)c2ccccc2-n2c3ccccc3c3cccc1c32. The van der Waals surface area contributed by atoms with E-state index in [-0.39, 0.29) is 10.8 Å². The lowest BCUT2D eigenvalue weighted by Crippen LogP contribution is -2.33. The molecule has 0 N–H and O–H groups in total. The van der Waals surface area contributed by atoms with Crippen LogP contribution in [0, 0.1) is 5.41 Å². The van der Waals surface area contributed by atoms with Gasteiger partial charge in [0.25, 0.3) is 0 Å². The third kappa shape index (κ3) is 2.59. The molecule has 8 rings (SSSR count). The molecule has 1 aliphatic carbocycles. The van der Waals surface area contributed by atoms with E-state index < -0.39 is 0 Å². The van der Waals surface area contributed by atoms with Gasteiger partial charge in [-0.3, -0.25) is 0 Å². The van der Waals surface area contributed by atoms with Crippen molar-refractivity contribution in [2.24, 2.45) is 5.41 Å². The van der Waals surface area contributed by atoms with Gasteiger partial charge in [-0.15, -0.1) is 0 Å². The van der Waals surface area contributed by atoms with E-state index >= 15 is 0 Å². The van der Waals surface area contributed by atoms with E-state index in [2.05, 4.69) is 135 Å². The van der Waals surface area contributed by atoms with Gasteiger partial charge in [0, 0.05) is 10.8 Å². The Balaban J connectivity index is 1.60. The molecule has 0 radical (unpaired) electrons. The fraction of sp³-hybridized carbons (Fsp3) is 0.167. The van der Waals surface area contributed by atoms with Gasteiger partial charge in [0.2, 0.25) is 0 Å². The predicted molar refractivity (Wildman–Crippen MR) is 155 cm³/mol. The van der Waals surface area contributed by atoms with Gasteiger partial charge >= 0.3 is 0 Å². The van der Waals surface area contributed by atoms with Crippen LogP contribution in [0.2, 0.25) is 0 Å². The van der Waals surface area contributed by atoms with Crippen LogP contribution in [0.25, 0.3) is 38.6 Å². The van der Waals surface area contributed by atoms with Crippen molar-refractivity contribution in [1.82, 2.24) is 4.57 Å². The molecule has 1 atom stereocenters. The lowest BCUT2D eigenvalue weighted by molar-refractivity contribution is 0.411. The molecule has 1 unspecified atom stereocenters. The van der Waals surface area contributed by atoms with Crippen molar-refractivity contribution < 1.29 is 0 Å². The van der Waals surface area contributed by atoms with Crippen molar-refractivity contribution >= 4 is 21.8 Å². The predicted octanol–water partition coefficient (Wildman–Crippen LogP) is 9.05. The molecule has 1 heteroatoms. The summed E-state index contributed by atoms with van der Waals surface area (Å²) in [7, 11) is 0. The van der Waals surface area contributed by atoms with Crippen LogP contribution in [0.1, 0.15) is 48.6 Å². The topological polar surface area (TPSA) is 4.93 Å². The molecular formula is C36H29N. The van der Waals surface area contributed by atoms with E-state index in [4.69, 9.17) is 0 Å². The molecule has 37 heavy (non-hydrogen) atoms. The molecule has 1 spiro atoms. The average Bonchev–Trinajstić information content (AvgIpc) is 3.38. The summed E-state index contributed by atoms with van der Waals surface area (Å²) in [6.07, 6.45) is 1.05. The highest BCUT2D eigenvalue weighted by atomic mass is 15.0. The number of hydrogen-bond acceptors (Lipinski definition) is 0. The van der Waals surface area contributed by atoms with Crippen LogP contribution in [0.4, 0.5) is 0 Å². The van der Waals surface area contributed by atoms with Crippen LogP contribution in [-0.2, 0) is 11.8 Å². The maximum atomic E-state index is 2.52. The molecule has 2 heterocycles. The van der Waals surface area contributed by atoms with Gasteiger partial charge in [0.05, 0.1) is 22.1 Å². The molecule has 0 bridgehead atoms. The van der Waals surface area contributed by atoms with Gasteiger partial charge < -0.3 is 4.57 Å². The Labute approximate surface area is 218 Å². The summed E-state index contributed by atoms with van der Waals surface area (Å²) in [4.78, 5) is 0. The largest absolute Gasteiger partial charge is 0.309 e. The Morgan fingerprint density at radius 2 is 1.27 bits per heavy atom. The first-order valence-corrected chi connectivity index (χ1v) is 13.3. The van der Waals surface area contributed by atoms with E-state index in [1.54, 1.807) is 0 Å². The van der Waals surface area contributed by atoms with Crippen LogP contribution >= 0.6 is 0 Å². The summed E-state index contributed by atoms with van der Waals surface area (Å²) in [5, 5.41) is 2.65. The number of fused-ring (bicyclic) bond motifs is 12. The molecule has 178 valence electrons. The normalized spacial score (nSPS) is 17.3. The van der Waals surface area contributed by atoms with Crippen LogP contribution in [0.5, 0.6) is 0 Å². The molecule has 0 fully saturated rings. The fourth-order valence-corrected chi connectivity index (χ4v) is 7.33. The number of rotatable bonds is 1. The summed E-state index contributed by atoms with van der Waals surface area (Å²) in [5.74, 6) is 0. The van der Waals surface area contributed by atoms with Crippen LogP contribution in [-0.4, -0.2) is 4.57 Å². The number of benzene rings is 5. The molecule has 6 aromatic rings. The molecule has 0 saturated heterocycles. The Kier molecular flexibility index (Phi) is 3.99. The highest BCUT2D eigenvalue weighted by molar-refractivity contribution is 6.12. The molecule has 0 amide bonds. The monoisotopic (exact) mass is 475 g/mol. The minimum atomic E-state index is -0.347. The highest BCUT2D eigenvalue weighted by Gasteiger charge is 2.50. The zero-order valence-corrected chi connectivity index (χ0v) is 21.5. The fourth-order valence-electron chi connectivity index (χ4n) is 7.33. The number of para-hydroxylation sites is 3. The number of aromatic nitrogens is 1. The molecule has 5 aromatic carbocycles. The van der Waals surface area contributed by atoms with Crippen molar-refractivity contribution in [3.05, 3.63) is 137 Å². The third-order valence-corrected chi connectivity index (χ3v) is 8.49. The Morgan fingerprint density at radius 3 is 2.14 bits per heavy atom. The van der Waals surface area contributed by atoms with E-state index in [9.17, 15) is 0 Å². The third-order valence-electron chi connectivity index (χ3n) is 8.49. The van der Waals surface area contributed by atoms with Crippen molar-refractivity contribution in [2.75, 3.05) is 0 Å². The minimum Gasteiger partial charge on any atom is -0.309 e. The van der Waals surface area contributed by atoms with Gasteiger partial charge in [-0.2, -0.15) is 0 Å². The quantitative estimate of drug-likeness (QED) is 0.223. The van der Waals surface area contributed by atoms with Gasteiger partial charge in [0.15, 0.2) is 0 Å².